The van der Waals surface area contributed by atoms with Gasteiger partial charge in [-0.1, -0.05) is 30.3 Å². The third-order valence-electron chi connectivity index (χ3n) is 1.34. The number of nitrogens with zero attached hydrogens (tertiary/aromatic N) is 1. The Hall–Kier alpha value is -0.900. The fourth-order valence-electron chi connectivity index (χ4n) is 0.949. The van der Waals surface area contributed by atoms with E-state index in [2.05, 4.69) is 54.9 Å². The fraction of sp³-hybridized carbons (Fsp3) is 0.333. The second kappa shape index (κ2) is 6.79. The monoisotopic (exact) mass is 167 g/mol. The molecule has 1 rings (SSSR count). The number of rotatable bonds is 2. The first-order valence-electron chi connectivity index (χ1n) is 3.81. The molecule has 0 heterocycles. The molecular formula is C9H17N3. The Morgan fingerprint density at radius 3 is 2.00 bits per heavy atom. The Balaban J connectivity index is 0.000000561. The normalized spacial score (nSPS) is 9.08. The lowest BCUT2D eigenvalue weighted by molar-refractivity contribution is 0.402. The molecule has 0 radical (unpaired) electrons. The van der Waals surface area contributed by atoms with Crippen molar-refractivity contribution in [2.45, 2.75) is 6.54 Å². The number of benzene rings is 1. The predicted octanol–water partition coefficient (Wildman–Crippen LogP) is 0.567. The van der Waals surface area contributed by atoms with Crippen LogP contribution in [0.3, 0.4) is 0 Å². The van der Waals surface area contributed by atoms with Crippen LogP contribution in [0.15, 0.2) is 30.3 Å². The molecule has 0 unspecified atom stereocenters. The molecule has 0 bridgehead atoms. The van der Waals surface area contributed by atoms with Crippen molar-refractivity contribution in [3.8, 4) is 0 Å². The SMILES string of the molecule is CN(C)Cc1ccccc1.NN. The Bertz CT molecular complexity index is 184. The van der Waals surface area contributed by atoms with E-state index in [1.165, 1.54) is 5.56 Å². The molecule has 0 aromatic heterocycles. The highest BCUT2D eigenvalue weighted by Crippen LogP contribution is 1.99. The van der Waals surface area contributed by atoms with E-state index in [1.807, 2.05) is 6.07 Å². The molecular weight excluding hydrogens is 150 g/mol. The minimum absolute atomic E-state index is 1.03. The minimum Gasteiger partial charge on any atom is -0.305 e. The van der Waals surface area contributed by atoms with Crippen LogP contribution >= 0.6 is 0 Å². The van der Waals surface area contributed by atoms with Crippen LogP contribution in [0.4, 0.5) is 0 Å². The summed E-state index contributed by atoms with van der Waals surface area (Å²) in [5.41, 5.74) is 1.37. The first kappa shape index (κ1) is 11.1. The zero-order chi connectivity index (χ0) is 9.40. The number of nitrogens with two attached hydrogens (primary N) is 2. The van der Waals surface area contributed by atoms with Gasteiger partial charge in [-0.3, -0.25) is 11.7 Å². The molecule has 0 amide bonds. The first-order chi connectivity index (χ1) is 5.79. The molecule has 0 atom stereocenters. The largest absolute Gasteiger partial charge is 0.305 e. The average Bonchev–Trinajstić information content (AvgIpc) is 2.08. The third-order valence-corrected chi connectivity index (χ3v) is 1.34. The van der Waals surface area contributed by atoms with E-state index in [0.29, 0.717) is 0 Å². The van der Waals surface area contributed by atoms with Crippen molar-refractivity contribution in [2.75, 3.05) is 14.1 Å². The van der Waals surface area contributed by atoms with E-state index in [4.69, 9.17) is 0 Å². The van der Waals surface area contributed by atoms with Crippen LogP contribution in [0.25, 0.3) is 0 Å². The summed E-state index contributed by atoms with van der Waals surface area (Å²) < 4.78 is 0. The van der Waals surface area contributed by atoms with Crippen LogP contribution < -0.4 is 11.7 Å². The van der Waals surface area contributed by atoms with Gasteiger partial charge >= 0.3 is 0 Å². The summed E-state index contributed by atoms with van der Waals surface area (Å²) in [5.74, 6) is 8.00. The van der Waals surface area contributed by atoms with Crippen molar-refractivity contribution in [1.29, 1.82) is 0 Å². The van der Waals surface area contributed by atoms with Crippen molar-refractivity contribution < 1.29 is 0 Å². The maximum Gasteiger partial charge on any atom is 0.0227 e. The van der Waals surface area contributed by atoms with Gasteiger partial charge in [0.1, 0.15) is 0 Å². The average molecular weight is 167 g/mol. The molecule has 4 N–H and O–H groups in total. The van der Waals surface area contributed by atoms with E-state index in [0.717, 1.165) is 6.54 Å². The highest BCUT2D eigenvalue weighted by molar-refractivity contribution is 5.14. The van der Waals surface area contributed by atoms with Crippen LogP contribution in [0.2, 0.25) is 0 Å². The maximum absolute atomic E-state index is 4.00. The lowest BCUT2D eigenvalue weighted by atomic mass is 10.2. The second-order valence-corrected chi connectivity index (χ2v) is 2.72. The molecule has 1 aromatic carbocycles. The molecule has 3 heteroatoms. The number of hydrogen-bond donors (Lipinski definition) is 2. The number of hydrazine groups is 1. The quantitative estimate of drug-likeness (QED) is 0.500. The molecule has 12 heavy (non-hydrogen) atoms. The summed E-state index contributed by atoms with van der Waals surface area (Å²) in [6.07, 6.45) is 0. The summed E-state index contributed by atoms with van der Waals surface area (Å²) in [6.45, 7) is 1.03. The molecule has 1 aromatic rings. The van der Waals surface area contributed by atoms with Crippen molar-refractivity contribution in [2.24, 2.45) is 11.7 Å². The second-order valence-electron chi connectivity index (χ2n) is 2.72. The third kappa shape index (κ3) is 4.85. The summed E-state index contributed by atoms with van der Waals surface area (Å²) in [4.78, 5) is 2.16. The van der Waals surface area contributed by atoms with E-state index in [-0.39, 0.29) is 0 Å². The predicted molar refractivity (Wildman–Crippen MR) is 52.2 cm³/mol. The van der Waals surface area contributed by atoms with E-state index < -0.39 is 0 Å². The molecule has 0 saturated carbocycles. The van der Waals surface area contributed by atoms with Gasteiger partial charge in [0.2, 0.25) is 0 Å². The minimum atomic E-state index is 1.03. The van der Waals surface area contributed by atoms with Gasteiger partial charge < -0.3 is 4.90 Å². The molecule has 0 aliphatic heterocycles. The van der Waals surface area contributed by atoms with Crippen molar-refractivity contribution in [3.05, 3.63) is 35.9 Å². The summed E-state index contributed by atoms with van der Waals surface area (Å²) in [5, 5.41) is 0. The Morgan fingerprint density at radius 1 is 1.08 bits per heavy atom. The summed E-state index contributed by atoms with van der Waals surface area (Å²) in [7, 11) is 4.15. The topological polar surface area (TPSA) is 55.3 Å². The summed E-state index contributed by atoms with van der Waals surface area (Å²) >= 11 is 0. The molecule has 0 saturated heterocycles. The van der Waals surface area contributed by atoms with Gasteiger partial charge in [0.25, 0.3) is 0 Å². The van der Waals surface area contributed by atoms with Crippen molar-refractivity contribution >= 4 is 0 Å². The molecule has 0 aliphatic rings. The molecule has 3 nitrogen and oxygen atoms in total. The molecule has 68 valence electrons. The van der Waals surface area contributed by atoms with E-state index >= 15 is 0 Å². The molecule has 0 aliphatic carbocycles. The van der Waals surface area contributed by atoms with Gasteiger partial charge in [-0.25, -0.2) is 0 Å². The van der Waals surface area contributed by atoms with Gasteiger partial charge in [-0.05, 0) is 19.7 Å². The Kier molecular flexibility index (Phi) is 6.28. The van der Waals surface area contributed by atoms with E-state index in [9.17, 15) is 0 Å². The zero-order valence-corrected chi connectivity index (χ0v) is 7.70. The number of hydrogen-bond acceptors (Lipinski definition) is 3. The Labute approximate surface area is 73.9 Å². The van der Waals surface area contributed by atoms with Gasteiger partial charge in [0.05, 0.1) is 0 Å². The lowest BCUT2D eigenvalue weighted by Gasteiger charge is -2.08. The van der Waals surface area contributed by atoms with Crippen molar-refractivity contribution in [3.63, 3.8) is 0 Å². The highest BCUT2D eigenvalue weighted by Gasteiger charge is 1.90. The zero-order valence-electron chi connectivity index (χ0n) is 7.70. The molecule has 0 fully saturated rings. The van der Waals surface area contributed by atoms with Gasteiger partial charge in [0, 0.05) is 6.54 Å². The van der Waals surface area contributed by atoms with Crippen LogP contribution in [-0.2, 0) is 6.54 Å². The maximum atomic E-state index is 4.00. The first-order valence-corrected chi connectivity index (χ1v) is 3.81. The van der Waals surface area contributed by atoms with Crippen LogP contribution in [0.5, 0.6) is 0 Å². The standard InChI is InChI=1S/C9H13N.H4N2/c1-10(2)8-9-6-4-3-5-7-9;1-2/h3-7H,8H2,1-2H3;1-2H2. The highest BCUT2D eigenvalue weighted by atomic mass is 15.0. The van der Waals surface area contributed by atoms with Crippen LogP contribution in [-0.4, -0.2) is 19.0 Å². The Morgan fingerprint density at radius 2 is 1.58 bits per heavy atom. The fourth-order valence-corrected chi connectivity index (χ4v) is 0.949. The van der Waals surface area contributed by atoms with Gasteiger partial charge in [-0.15, -0.1) is 0 Å². The summed E-state index contributed by atoms with van der Waals surface area (Å²) in [6, 6.07) is 10.5. The smallest absolute Gasteiger partial charge is 0.0227 e. The van der Waals surface area contributed by atoms with Gasteiger partial charge in [-0.2, -0.15) is 0 Å². The molecule has 0 spiro atoms. The van der Waals surface area contributed by atoms with Gasteiger partial charge in [0.15, 0.2) is 0 Å². The lowest BCUT2D eigenvalue weighted by Crippen LogP contribution is -2.10. The van der Waals surface area contributed by atoms with Crippen molar-refractivity contribution in [1.82, 2.24) is 4.90 Å². The van der Waals surface area contributed by atoms with E-state index in [1.54, 1.807) is 0 Å². The van der Waals surface area contributed by atoms with Crippen LogP contribution in [0, 0.1) is 0 Å². The van der Waals surface area contributed by atoms with Crippen LogP contribution in [0.1, 0.15) is 5.56 Å².